The number of nitrogens with zero attached hydrogens (tertiary/aromatic N) is 1. The molecule has 0 aromatic heterocycles. The van der Waals surface area contributed by atoms with Crippen molar-refractivity contribution in [1.29, 1.82) is 0 Å². The first-order valence-corrected chi connectivity index (χ1v) is 8.53. The number of hydrogen-bond donors (Lipinski definition) is 2. The molecule has 0 radical (unpaired) electrons. The summed E-state index contributed by atoms with van der Waals surface area (Å²) in [5.41, 5.74) is 1.08. The molecular formula is C18H31Cl2N3O. The minimum absolute atomic E-state index is 0. The van der Waals surface area contributed by atoms with Gasteiger partial charge in [0.2, 0.25) is 5.91 Å². The van der Waals surface area contributed by atoms with Gasteiger partial charge in [-0.15, -0.1) is 24.8 Å². The third-order valence-corrected chi connectivity index (χ3v) is 4.56. The van der Waals surface area contributed by atoms with Crippen LogP contribution in [0.25, 0.3) is 0 Å². The van der Waals surface area contributed by atoms with E-state index in [4.69, 9.17) is 0 Å². The fraction of sp³-hybridized carbons (Fsp3) is 0.611. The summed E-state index contributed by atoms with van der Waals surface area (Å²) in [6.45, 7) is 8.94. The molecule has 1 aliphatic rings. The predicted molar refractivity (Wildman–Crippen MR) is 105 cm³/mol. The Morgan fingerprint density at radius 2 is 1.92 bits per heavy atom. The van der Waals surface area contributed by atoms with E-state index in [1.807, 2.05) is 30.3 Å². The van der Waals surface area contributed by atoms with Crippen molar-refractivity contribution in [2.24, 2.45) is 5.92 Å². The Labute approximate surface area is 158 Å². The van der Waals surface area contributed by atoms with Crippen LogP contribution in [0.5, 0.6) is 0 Å². The van der Waals surface area contributed by atoms with Gasteiger partial charge < -0.3 is 10.6 Å². The number of benzene rings is 1. The standard InChI is InChI=1S/C18H29N3O.2ClH/c1-3-21(4-2)17(16-8-6-5-7-9-16)18(22)20-13-11-15-10-12-19-14-15;;/h5-9,15,17,19H,3-4,10-14H2,1-2H3,(H,20,22);2*1H. The van der Waals surface area contributed by atoms with Gasteiger partial charge in [-0.1, -0.05) is 44.2 Å². The molecule has 1 aliphatic heterocycles. The molecule has 1 aromatic rings. The van der Waals surface area contributed by atoms with Gasteiger partial charge in [0.25, 0.3) is 0 Å². The fourth-order valence-electron chi connectivity index (χ4n) is 3.21. The van der Waals surface area contributed by atoms with Gasteiger partial charge in [0.15, 0.2) is 0 Å². The molecule has 2 rings (SSSR count). The first-order valence-electron chi connectivity index (χ1n) is 8.53. The summed E-state index contributed by atoms with van der Waals surface area (Å²) in [6.07, 6.45) is 2.30. The number of carbonyl (C=O) groups excluding carboxylic acids is 1. The third-order valence-electron chi connectivity index (χ3n) is 4.56. The van der Waals surface area contributed by atoms with E-state index >= 15 is 0 Å². The second kappa shape index (κ2) is 12.5. The van der Waals surface area contributed by atoms with Gasteiger partial charge in [0, 0.05) is 6.54 Å². The van der Waals surface area contributed by atoms with Crippen LogP contribution in [0.1, 0.15) is 38.3 Å². The molecule has 1 heterocycles. The molecule has 0 bridgehead atoms. The number of likely N-dealkylation sites (N-methyl/N-ethyl adjacent to an activating group) is 1. The van der Waals surface area contributed by atoms with Crippen LogP contribution in [-0.2, 0) is 4.79 Å². The average Bonchev–Trinajstić information content (AvgIpc) is 3.06. The lowest BCUT2D eigenvalue weighted by Gasteiger charge is -2.29. The van der Waals surface area contributed by atoms with Crippen LogP contribution in [0.3, 0.4) is 0 Å². The lowest BCUT2D eigenvalue weighted by atomic mass is 10.0. The van der Waals surface area contributed by atoms with E-state index in [0.717, 1.165) is 44.7 Å². The highest BCUT2D eigenvalue weighted by atomic mass is 35.5. The van der Waals surface area contributed by atoms with E-state index in [-0.39, 0.29) is 36.8 Å². The number of halogens is 2. The lowest BCUT2D eigenvalue weighted by molar-refractivity contribution is -0.126. The number of nitrogens with one attached hydrogen (secondary N) is 2. The van der Waals surface area contributed by atoms with Gasteiger partial charge in [-0.3, -0.25) is 9.69 Å². The molecule has 1 fully saturated rings. The van der Waals surface area contributed by atoms with Crippen molar-refractivity contribution in [3.63, 3.8) is 0 Å². The number of carbonyl (C=O) groups is 1. The molecule has 2 atom stereocenters. The van der Waals surface area contributed by atoms with Crippen LogP contribution in [0.4, 0.5) is 0 Å². The molecule has 138 valence electrons. The van der Waals surface area contributed by atoms with Crippen LogP contribution in [-0.4, -0.2) is 43.5 Å². The summed E-state index contributed by atoms with van der Waals surface area (Å²) in [5.74, 6) is 0.838. The molecule has 1 aromatic carbocycles. The Kier molecular flexibility index (Phi) is 12.1. The molecular weight excluding hydrogens is 345 g/mol. The maximum Gasteiger partial charge on any atom is 0.241 e. The van der Waals surface area contributed by atoms with Gasteiger partial charge in [0.1, 0.15) is 6.04 Å². The monoisotopic (exact) mass is 375 g/mol. The molecule has 2 unspecified atom stereocenters. The third kappa shape index (κ3) is 6.60. The molecule has 24 heavy (non-hydrogen) atoms. The summed E-state index contributed by atoms with van der Waals surface area (Å²) in [5, 5.41) is 6.52. The van der Waals surface area contributed by atoms with Crippen LogP contribution < -0.4 is 10.6 Å². The SMILES string of the molecule is CCN(CC)C(C(=O)NCCC1CCNC1)c1ccccc1.Cl.Cl. The molecule has 1 saturated heterocycles. The van der Waals surface area contributed by atoms with E-state index < -0.39 is 0 Å². The predicted octanol–water partition coefficient (Wildman–Crippen LogP) is 3.03. The van der Waals surface area contributed by atoms with Gasteiger partial charge in [0.05, 0.1) is 0 Å². The second-order valence-corrected chi connectivity index (χ2v) is 5.97. The average molecular weight is 376 g/mol. The summed E-state index contributed by atoms with van der Waals surface area (Å²) < 4.78 is 0. The van der Waals surface area contributed by atoms with Crippen LogP contribution in [0, 0.1) is 5.92 Å². The van der Waals surface area contributed by atoms with Crippen molar-refractivity contribution >= 4 is 30.7 Å². The van der Waals surface area contributed by atoms with Gasteiger partial charge in [-0.05, 0) is 50.5 Å². The minimum atomic E-state index is -0.182. The zero-order chi connectivity index (χ0) is 15.8. The Bertz CT molecular complexity index is 449. The number of hydrogen-bond acceptors (Lipinski definition) is 3. The maximum absolute atomic E-state index is 12.7. The van der Waals surface area contributed by atoms with E-state index in [1.54, 1.807) is 0 Å². The largest absolute Gasteiger partial charge is 0.354 e. The summed E-state index contributed by atoms with van der Waals surface area (Å²) in [7, 11) is 0. The molecule has 2 N–H and O–H groups in total. The zero-order valence-corrected chi connectivity index (χ0v) is 16.3. The van der Waals surface area contributed by atoms with E-state index in [0.29, 0.717) is 5.92 Å². The zero-order valence-electron chi connectivity index (χ0n) is 14.7. The first kappa shape index (κ1) is 23.2. The number of rotatable bonds is 8. The van der Waals surface area contributed by atoms with Crippen molar-refractivity contribution in [3.05, 3.63) is 35.9 Å². The summed E-state index contributed by atoms with van der Waals surface area (Å²) in [4.78, 5) is 14.9. The highest BCUT2D eigenvalue weighted by Gasteiger charge is 2.25. The maximum atomic E-state index is 12.7. The lowest BCUT2D eigenvalue weighted by Crippen LogP contribution is -2.41. The van der Waals surface area contributed by atoms with Crippen LogP contribution in [0.15, 0.2) is 30.3 Å². The second-order valence-electron chi connectivity index (χ2n) is 5.97. The van der Waals surface area contributed by atoms with E-state index in [2.05, 4.69) is 29.4 Å². The van der Waals surface area contributed by atoms with E-state index in [9.17, 15) is 4.79 Å². The molecule has 0 saturated carbocycles. The van der Waals surface area contributed by atoms with Crippen molar-refractivity contribution in [2.75, 3.05) is 32.7 Å². The molecule has 4 nitrogen and oxygen atoms in total. The summed E-state index contributed by atoms with van der Waals surface area (Å²) >= 11 is 0. The van der Waals surface area contributed by atoms with Gasteiger partial charge in [-0.2, -0.15) is 0 Å². The topological polar surface area (TPSA) is 44.4 Å². The Morgan fingerprint density at radius 3 is 2.46 bits per heavy atom. The van der Waals surface area contributed by atoms with Gasteiger partial charge in [-0.25, -0.2) is 0 Å². The Morgan fingerprint density at radius 1 is 1.25 bits per heavy atom. The first-order chi connectivity index (χ1) is 10.8. The Hall–Kier alpha value is -0.810. The smallest absolute Gasteiger partial charge is 0.241 e. The van der Waals surface area contributed by atoms with Crippen molar-refractivity contribution in [2.45, 2.75) is 32.7 Å². The van der Waals surface area contributed by atoms with Crippen molar-refractivity contribution < 1.29 is 4.79 Å². The fourth-order valence-corrected chi connectivity index (χ4v) is 3.21. The molecule has 0 spiro atoms. The normalized spacial score (nSPS) is 17.7. The summed E-state index contributed by atoms with van der Waals surface area (Å²) in [6, 6.07) is 9.91. The van der Waals surface area contributed by atoms with Crippen molar-refractivity contribution in [1.82, 2.24) is 15.5 Å². The number of amides is 1. The molecule has 0 aliphatic carbocycles. The molecule has 1 amide bonds. The quantitative estimate of drug-likeness (QED) is 0.733. The highest BCUT2D eigenvalue weighted by Crippen LogP contribution is 2.20. The van der Waals surface area contributed by atoms with Gasteiger partial charge >= 0.3 is 0 Å². The van der Waals surface area contributed by atoms with Crippen LogP contribution >= 0.6 is 24.8 Å². The molecule has 6 heteroatoms. The van der Waals surface area contributed by atoms with Crippen molar-refractivity contribution in [3.8, 4) is 0 Å². The highest BCUT2D eigenvalue weighted by molar-refractivity contribution is 5.85. The van der Waals surface area contributed by atoms with E-state index in [1.165, 1.54) is 6.42 Å². The Balaban J connectivity index is 0.00000264. The van der Waals surface area contributed by atoms with Crippen LogP contribution in [0.2, 0.25) is 0 Å². The minimum Gasteiger partial charge on any atom is -0.354 e.